The molecule has 0 saturated carbocycles. The van der Waals surface area contributed by atoms with Crippen LogP contribution in [0, 0.1) is 11.8 Å². The molecule has 0 aromatic carbocycles. The molecule has 0 radical (unpaired) electrons. The Morgan fingerprint density at radius 1 is 1.19 bits per heavy atom. The molecule has 1 amide bonds. The van der Waals surface area contributed by atoms with Crippen LogP contribution >= 0.6 is 7.82 Å². The van der Waals surface area contributed by atoms with E-state index in [2.05, 4.69) is 17.6 Å². The van der Waals surface area contributed by atoms with Gasteiger partial charge in [-0.3, -0.25) is 9.32 Å². The molecule has 0 aromatic rings. The Morgan fingerprint density at radius 2 is 1.84 bits per heavy atom. The maximum atomic E-state index is 12.9. The predicted octanol–water partition coefficient (Wildman–Crippen LogP) is 0.673. The van der Waals surface area contributed by atoms with Crippen molar-refractivity contribution in [2.75, 3.05) is 6.54 Å². The first-order chi connectivity index (χ1) is 14.5. The number of phosphoric ester groups is 1. The minimum atomic E-state index is -4.90. The molecule has 182 valence electrons. The average molecular weight is 467 g/mol. The Kier molecular flexibility index (Phi) is 9.91. The van der Waals surface area contributed by atoms with Gasteiger partial charge in [-0.1, -0.05) is 40.5 Å². The fourth-order valence-corrected chi connectivity index (χ4v) is 5.18. The number of aliphatic hydroxyl groups is 2. The summed E-state index contributed by atoms with van der Waals surface area (Å²) in [5.74, 6) is 0.157. The maximum Gasteiger partial charge on any atom is 0.470 e. The van der Waals surface area contributed by atoms with E-state index in [0.29, 0.717) is 18.8 Å². The first-order valence-corrected chi connectivity index (χ1v) is 12.8. The van der Waals surface area contributed by atoms with E-state index >= 15 is 0 Å². The van der Waals surface area contributed by atoms with Crippen LogP contribution in [-0.2, 0) is 18.6 Å². The van der Waals surface area contributed by atoms with Gasteiger partial charge < -0.3 is 35.4 Å². The minimum absolute atomic E-state index is 0.120. The van der Waals surface area contributed by atoms with Crippen molar-refractivity contribution in [3.63, 3.8) is 0 Å². The number of aliphatic hydroxyl groups excluding tert-OH is 2. The molecule has 2 aliphatic heterocycles. The highest BCUT2D eigenvalue weighted by Gasteiger charge is 2.50. The van der Waals surface area contributed by atoms with E-state index in [9.17, 15) is 29.4 Å². The standard InChI is InChI=1S/C20H39N2O8P/c1-5-7-12-9-13(21-10-12)20(25)22-15(11(3)4)19-17(24)16(23)18(30-31(26,27)28)14(29-19)8-6-2/h11-19,21,23-24H,5-10H2,1-4H3,(H,22,25)(H2,26,27,28)/t12-,13-,14+,15+,16-,17+,18-,19+/m0/s1. The van der Waals surface area contributed by atoms with Gasteiger partial charge in [0.15, 0.2) is 0 Å². The summed E-state index contributed by atoms with van der Waals surface area (Å²) in [6, 6.07) is -0.917. The number of ether oxygens (including phenoxy) is 1. The quantitative estimate of drug-likeness (QED) is 0.255. The minimum Gasteiger partial charge on any atom is -0.388 e. The highest BCUT2D eigenvalue weighted by Crippen LogP contribution is 2.42. The summed E-state index contributed by atoms with van der Waals surface area (Å²) in [5.41, 5.74) is 0. The zero-order chi connectivity index (χ0) is 23.3. The van der Waals surface area contributed by atoms with Gasteiger partial charge in [0.2, 0.25) is 5.91 Å². The van der Waals surface area contributed by atoms with Crippen LogP contribution in [0.1, 0.15) is 59.8 Å². The SMILES string of the molecule is CCC[C@@H]1CN[C@H](C(=O)N[C@H](C(C)C)[C@H]2O[C@H](CCC)[C@H](OP(=O)(O)O)[C@@H](O)[C@H]2O)C1. The third kappa shape index (κ3) is 7.20. The lowest BCUT2D eigenvalue weighted by Gasteiger charge is -2.46. The van der Waals surface area contributed by atoms with E-state index in [0.717, 1.165) is 25.8 Å². The van der Waals surface area contributed by atoms with Crippen molar-refractivity contribution in [1.82, 2.24) is 10.6 Å². The van der Waals surface area contributed by atoms with E-state index in [1.807, 2.05) is 20.8 Å². The van der Waals surface area contributed by atoms with Crippen molar-refractivity contribution in [2.24, 2.45) is 11.8 Å². The first kappa shape index (κ1) is 26.7. The molecule has 10 nitrogen and oxygen atoms in total. The van der Waals surface area contributed by atoms with Crippen molar-refractivity contribution in [2.45, 2.75) is 102 Å². The number of carbonyl (C=O) groups is 1. The smallest absolute Gasteiger partial charge is 0.388 e. The van der Waals surface area contributed by atoms with E-state index < -0.39 is 44.4 Å². The van der Waals surface area contributed by atoms with Gasteiger partial charge in [-0.25, -0.2) is 4.57 Å². The van der Waals surface area contributed by atoms with Crippen LogP contribution in [0.25, 0.3) is 0 Å². The van der Waals surface area contributed by atoms with Gasteiger partial charge in [0.1, 0.15) is 24.4 Å². The second kappa shape index (κ2) is 11.5. The largest absolute Gasteiger partial charge is 0.470 e. The molecule has 0 bridgehead atoms. The lowest BCUT2D eigenvalue weighted by atomic mass is 9.85. The fraction of sp³-hybridized carbons (Fsp3) is 0.950. The van der Waals surface area contributed by atoms with Gasteiger partial charge in [-0.2, -0.15) is 0 Å². The Labute approximate surface area is 184 Å². The summed E-state index contributed by atoms with van der Waals surface area (Å²) in [6.45, 7) is 8.53. The van der Waals surface area contributed by atoms with Gasteiger partial charge in [-0.05, 0) is 37.6 Å². The van der Waals surface area contributed by atoms with Crippen LogP contribution in [0.4, 0.5) is 0 Å². The van der Waals surface area contributed by atoms with Crippen LogP contribution in [0.15, 0.2) is 0 Å². The number of phosphoric acid groups is 1. The summed E-state index contributed by atoms with van der Waals surface area (Å²) in [4.78, 5) is 31.3. The zero-order valence-electron chi connectivity index (χ0n) is 18.8. The highest BCUT2D eigenvalue weighted by molar-refractivity contribution is 7.46. The number of hydrogen-bond donors (Lipinski definition) is 6. The topological polar surface area (TPSA) is 158 Å². The van der Waals surface area contributed by atoms with Crippen LogP contribution in [0.3, 0.4) is 0 Å². The number of nitrogens with one attached hydrogen (secondary N) is 2. The summed E-state index contributed by atoms with van der Waals surface area (Å²) in [5, 5.41) is 27.6. The molecule has 8 atom stereocenters. The zero-order valence-corrected chi connectivity index (χ0v) is 19.7. The molecule has 0 aromatic heterocycles. The lowest BCUT2D eigenvalue weighted by Crippen LogP contribution is -2.65. The van der Waals surface area contributed by atoms with Gasteiger partial charge in [0.25, 0.3) is 0 Å². The van der Waals surface area contributed by atoms with Crippen LogP contribution in [0.5, 0.6) is 0 Å². The fourth-order valence-electron chi connectivity index (χ4n) is 4.60. The summed E-state index contributed by atoms with van der Waals surface area (Å²) in [6.07, 6.45) is -2.36. The van der Waals surface area contributed by atoms with Crippen LogP contribution < -0.4 is 10.6 Å². The molecule has 31 heavy (non-hydrogen) atoms. The highest BCUT2D eigenvalue weighted by atomic mass is 31.2. The van der Waals surface area contributed by atoms with Gasteiger partial charge in [-0.15, -0.1) is 0 Å². The van der Waals surface area contributed by atoms with E-state index in [1.54, 1.807) is 0 Å². The monoisotopic (exact) mass is 466 g/mol. The van der Waals surface area contributed by atoms with Gasteiger partial charge in [0, 0.05) is 0 Å². The second-order valence-electron chi connectivity index (χ2n) is 9.10. The first-order valence-electron chi connectivity index (χ1n) is 11.3. The van der Waals surface area contributed by atoms with E-state index in [-0.39, 0.29) is 17.9 Å². The molecular weight excluding hydrogens is 427 g/mol. The van der Waals surface area contributed by atoms with E-state index in [1.165, 1.54) is 0 Å². The van der Waals surface area contributed by atoms with Gasteiger partial charge >= 0.3 is 7.82 Å². The molecule has 2 heterocycles. The molecule has 0 unspecified atom stereocenters. The van der Waals surface area contributed by atoms with E-state index in [4.69, 9.17) is 9.26 Å². The number of hydrogen-bond acceptors (Lipinski definition) is 7. The summed E-state index contributed by atoms with van der Waals surface area (Å²) >= 11 is 0. The summed E-state index contributed by atoms with van der Waals surface area (Å²) < 4.78 is 22.1. The van der Waals surface area contributed by atoms with Crippen molar-refractivity contribution < 1.29 is 38.6 Å². The third-order valence-corrected chi connectivity index (χ3v) is 6.69. The molecule has 0 spiro atoms. The Bertz CT molecular complexity index is 630. The maximum absolute atomic E-state index is 12.9. The van der Waals surface area contributed by atoms with Crippen LogP contribution in [0.2, 0.25) is 0 Å². The van der Waals surface area contributed by atoms with Gasteiger partial charge in [0.05, 0.1) is 18.2 Å². The van der Waals surface area contributed by atoms with Crippen molar-refractivity contribution in [3.05, 3.63) is 0 Å². The van der Waals surface area contributed by atoms with Crippen molar-refractivity contribution >= 4 is 13.7 Å². The Morgan fingerprint density at radius 3 is 2.39 bits per heavy atom. The Balaban J connectivity index is 2.14. The van der Waals surface area contributed by atoms with Crippen molar-refractivity contribution in [3.8, 4) is 0 Å². The molecular formula is C20H39N2O8P. The van der Waals surface area contributed by atoms with Crippen molar-refractivity contribution in [1.29, 1.82) is 0 Å². The molecule has 11 heteroatoms. The number of carbonyl (C=O) groups excluding carboxylic acids is 1. The third-order valence-electron chi connectivity index (χ3n) is 6.17. The molecule has 2 aliphatic rings. The normalized spacial score (nSPS) is 35.3. The van der Waals surface area contributed by atoms with Crippen LogP contribution in [-0.4, -0.2) is 75.1 Å². The lowest BCUT2D eigenvalue weighted by molar-refractivity contribution is -0.228. The second-order valence-corrected chi connectivity index (χ2v) is 10.3. The number of rotatable bonds is 10. The molecule has 0 aliphatic carbocycles. The molecule has 6 N–H and O–H groups in total. The number of amides is 1. The molecule has 2 saturated heterocycles. The predicted molar refractivity (Wildman–Crippen MR) is 114 cm³/mol. The summed E-state index contributed by atoms with van der Waals surface area (Å²) in [7, 11) is -4.90. The Hall–Kier alpha value is -0.580. The average Bonchev–Trinajstić information content (AvgIpc) is 3.14. The molecule has 2 fully saturated rings. The molecule has 2 rings (SSSR count).